The number of ether oxygens (including phenoxy) is 1. The van der Waals surface area contributed by atoms with E-state index in [9.17, 15) is 19.8 Å². The van der Waals surface area contributed by atoms with E-state index in [1.807, 2.05) is 18.2 Å². The van der Waals surface area contributed by atoms with Crippen molar-refractivity contribution in [2.75, 3.05) is 0 Å². The van der Waals surface area contributed by atoms with Crippen LogP contribution >= 0.6 is 0 Å². The minimum atomic E-state index is -1.11. The van der Waals surface area contributed by atoms with E-state index in [0.29, 0.717) is 6.42 Å². The lowest BCUT2D eigenvalue weighted by Crippen LogP contribution is -2.26. The Hall–Kier alpha value is -1.88. The van der Waals surface area contributed by atoms with Gasteiger partial charge in [-0.05, 0) is 28.5 Å². The quantitative estimate of drug-likeness (QED) is 0.0885. The van der Waals surface area contributed by atoms with Crippen molar-refractivity contribution < 1.29 is 24.5 Å². The zero-order valence-electron chi connectivity index (χ0n) is 24.9. The third-order valence-corrected chi connectivity index (χ3v) is 7.46. The van der Waals surface area contributed by atoms with Gasteiger partial charge in [0, 0.05) is 0 Å². The predicted molar refractivity (Wildman–Crippen MR) is 156 cm³/mol. The van der Waals surface area contributed by atoms with Gasteiger partial charge in [0.1, 0.15) is 6.61 Å². The zero-order chi connectivity index (χ0) is 28.2. The minimum absolute atomic E-state index is 0.0381. The number of aliphatic hydroxyl groups is 1. The first-order valence-electron chi connectivity index (χ1n) is 15.3. The molecular weight excluding hydrogens is 476 g/mol. The molecule has 0 bridgehead atoms. The molecule has 218 valence electrons. The molecule has 0 aliphatic heterocycles. The normalized spacial score (nSPS) is 12.4. The van der Waals surface area contributed by atoms with E-state index in [1.54, 1.807) is 0 Å². The maximum absolute atomic E-state index is 12.5. The summed E-state index contributed by atoms with van der Waals surface area (Å²) in [5, 5.41) is 19.2. The third-order valence-electron chi connectivity index (χ3n) is 7.46. The molecule has 1 aromatic carbocycles. The van der Waals surface area contributed by atoms with Crippen molar-refractivity contribution in [1.82, 2.24) is 0 Å². The molecule has 1 atom stereocenters. The van der Waals surface area contributed by atoms with Crippen LogP contribution in [0.4, 0.5) is 0 Å². The number of rotatable bonds is 22. The summed E-state index contributed by atoms with van der Waals surface area (Å²) in [4.78, 5) is 24.2. The van der Waals surface area contributed by atoms with Crippen LogP contribution in [0.25, 0.3) is 0 Å². The van der Waals surface area contributed by atoms with Crippen molar-refractivity contribution in [3.05, 3.63) is 34.9 Å². The zero-order valence-corrected chi connectivity index (χ0v) is 24.9. The highest BCUT2D eigenvalue weighted by molar-refractivity contribution is 5.93. The Morgan fingerprint density at radius 3 is 1.68 bits per heavy atom. The minimum Gasteiger partial charge on any atom is -0.481 e. The lowest BCUT2D eigenvalue weighted by molar-refractivity contribution is -0.160. The average Bonchev–Trinajstić information content (AvgIpc) is 2.88. The van der Waals surface area contributed by atoms with Gasteiger partial charge >= 0.3 is 11.9 Å². The van der Waals surface area contributed by atoms with Crippen LogP contribution in [0.1, 0.15) is 154 Å². The topological polar surface area (TPSA) is 83.8 Å². The third kappa shape index (κ3) is 14.9. The molecule has 1 aromatic rings. The molecule has 5 heteroatoms. The van der Waals surface area contributed by atoms with Crippen LogP contribution in [0.2, 0.25) is 0 Å². The molecule has 2 N–H and O–H groups in total. The van der Waals surface area contributed by atoms with Gasteiger partial charge in [0.15, 0.2) is 5.92 Å². The molecule has 0 aliphatic carbocycles. The number of aliphatic carboxylic acids is 1. The van der Waals surface area contributed by atoms with Crippen LogP contribution in [0.15, 0.2) is 18.2 Å². The number of hydrogen-bond donors (Lipinski definition) is 2. The largest absolute Gasteiger partial charge is 0.481 e. The van der Waals surface area contributed by atoms with Crippen molar-refractivity contribution in [3.63, 3.8) is 0 Å². The van der Waals surface area contributed by atoms with Gasteiger partial charge in [0.2, 0.25) is 0 Å². The van der Waals surface area contributed by atoms with Crippen molar-refractivity contribution in [2.24, 2.45) is 5.92 Å². The molecular formula is C33H56O5. The van der Waals surface area contributed by atoms with E-state index in [4.69, 9.17) is 4.74 Å². The van der Waals surface area contributed by atoms with Gasteiger partial charge in [-0.15, -0.1) is 0 Å². The fourth-order valence-electron chi connectivity index (χ4n) is 5.04. The van der Waals surface area contributed by atoms with Gasteiger partial charge < -0.3 is 14.9 Å². The van der Waals surface area contributed by atoms with Crippen LogP contribution in [0.5, 0.6) is 0 Å². The molecule has 1 unspecified atom stereocenters. The monoisotopic (exact) mass is 532 g/mol. The first-order chi connectivity index (χ1) is 18.2. The molecule has 0 saturated carbocycles. The maximum Gasteiger partial charge on any atom is 0.320 e. The first kappa shape index (κ1) is 34.1. The summed E-state index contributed by atoms with van der Waals surface area (Å²) in [5.41, 5.74) is 2.48. The SMILES string of the molecule is CCCCCCCCCCCCCCCCCCC(C(=O)O)C(=O)OCc1ccc(CO)c(C(C)(C)C)c1. The van der Waals surface area contributed by atoms with E-state index in [2.05, 4.69) is 27.7 Å². The van der Waals surface area contributed by atoms with E-state index < -0.39 is 17.9 Å². The van der Waals surface area contributed by atoms with Gasteiger partial charge in [-0.25, -0.2) is 0 Å². The Labute approximate surface area is 232 Å². The molecule has 1 rings (SSSR count). The number of esters is 1. The Balaban J connectivity index is 2.19. The number of aliphatic hydroxyl groups excluding tert-OH is 1. The summed E-state index contributed by atoms with van der Waals surface area (Å²) in [7, 11) is 0. The number of carboxylic acids is 1. The second-order valence-electron chi connectivity index (χ2n) is 12.0. The van der Waals surface area contributed by atoms with Gasteiger partial charge in [0.05, 0.1) is 6.61 Å². The van der Waals surface area contributed by atoms with Crippen LogP contribution < -0.4 is 0 Å². The number of benzene rings is 1. The molecule has 0 fully saturated rings. The molecule has 0 heterocycles. The van der Waals surface area contributed by atoms with Crippen molar-refractivity contribution in [3.8, 4) is 0 Å². The summed E-state index contributed by atoms with van der Waals surface area (Å²) in [6.07, 6.45) is 20.5. The molecule has 0 amide bonds. The number of carboxylic acid groups (broad SMARTS) is 1. The molecule has 0 aromatic heterocycles. The average molecular weight is 533 g/mol. The highest BCUT2D eigenvalue weighted by atomic mass is 16.5. The van der Waals surface area contributed by atoms with E-state index >= 15 is 0 Å². The molecule has 0 spiro atoms. The molecule has 5 nitrogen and oxygen atoms in total. The second-order valence-corrected chi connectivity index (χ2v) is 12.0. The van der Waals surface area contributed by atoms with Gasteiger partial charge in [0.25, 0.3) is 0 Å². The summed E-state index contributed by atoms with van der Waals surface area (Å²) < 4.78 is 5.39. The maximum atomic E-state index is 12.5. The molecule has 38 heavy (non-hydrogen) atoms. The highest BCUT2D eigenvalue weighted by Crippen LogP contribution is 2.27. The second kappa shape index (κ2) is 20.1. The van der Waals surface area contributed by atoms with E-state index in [-0.39, 0.29) is 18.6 Å². The van der Waals surface area contributed by atoms with Crippen molar-refractivity contribution >= 4 is 11.9 Å². The Morgan fingerprint density at radius 1 is 0.789 bits per heavy atom. The number of hydrogen-bond acceptors (Lipinski definition) is 4. The molecule has 0 aliphatic rings. The van der Waals surface area contributed by atoms with E-state index in [0.717, 1.165) is 36.0 Å². The van der Waals surface area contributed by atoms with Crippen molar-refractivity contribution in [1.29, 1.82) is 0 Å². The van der Waals surface area contributed by atoms with E-state index in [1.165, 1.54) is 83.5 Å². The number of carbonyl (C=O) groups excluding carboxylic acids is 1. The first-order valence-corrected chi connectivity index (χ1v) is 15.3. The Morgan fingerprint density at radius 2 is 1.26 bits per heavy atom. The summed E-state index contributed by atoms with van der Waals surface area (Å²) in [5.74, 6) is -2.88. The summed E-state index contributed by atoms with van der Waals surface area (Å²) in [6.45, 7) is 8.45. The van der Waals surface area contributed by atoms with Crippen LogP contribution in [0, 0.1) is 5.92 Å². The molecule has 0 saturated heterocycles. The van der Waals surface area contributed by atoms with Crippen molar-refractivity contribution in [2.45, 2.75) is 155 Å². The summed E-state index contributed by atoms with van der Waals surface area (Å²) in [6, 6.07) is 5.60. The van der Waals surface area contributed by atoms with Gasteiger partial charge in [-0.3, -0.25) is 9.59 Å². The lowest BCUT2D eigenvalue weighted by Gasteiger charge is -2.23. The van der Waals surface area contributed by atoms with Crippen LogP contribution in [-0.4, -0.2) is 22.2 Å². The highest BCUT2D eigenvalue weighted by Gasteiger charge is 2.27. The smallest absolute Gasteiger partial charge is 0.320 e. The summed E-state index contributed by atoms with van der Waals surface area (Å²) >= 11 is 0. The van der Waals surface area contributed by atoms with Gasteiger partial charge in [-0.2, -0.15) is 0 Å². The van der Waals surface area contributed by atoms with Gasteiger partial charge in [-0.1, -0.05) is 149 Å². The Bertz CT molecular complexity index is 780. The fourth-order valence-corrected chi connectivity index (χ4v) is 5.04. The molecule has 0 radical (unpaired) electrons. The standard InChI is InChI=1S/C33H56O5/c1-5-6-7-8-9-10-11-12-13-14-15-16-17-18-19-20-21-29(31(35)36)32(37)38-26-27-22-23-28(25-34)30(24-27)33(2,3)4/h22-24,29,34H,5-21,25-26H2,1-4H3,(H,35,36). The van der Waals surface area contributed by atoms with Crippen LogP contribution in [-0.2, 0) is 33.0 Å². The lowest BCUT2D eigenvalue weighted by atomic mass is 9.83. The Kier molecular flexibility index (Phi) is 18.0. The number of unbranched alkanes of at least 4 members (excludes halogenated alkanes) is 15. The number of carbonyl (C=O) groups is 2. The predicted octanol–water partition coefficient (Wildman–Crippen LogP) is 8.87. The van der Waals surface area contributed by atoms with Crippen LogP contribution in [0.3, 0.4) is 0 Å². The fraction of sp³-hybridized carbons (Fsp3) is 0.758.